The Labute approximate surface area is 228 Å². The zero-order valence-electron chi connectivity index (χ0n) is 22.3. The van der Waals surface area contributed by atoms with Gasteiger partial charge in [-0.15, -0.1) is 0 Å². The van der Waals surface area contributed by atoms with Crippen LogP contribution in [-0.4, -0.2) is 69.9 Å². The number of aliphatic hydroxyl groups excluding tert-OH is 2. The lowest BCUT2D eigenvalue weighted by atomic mass is 9.87. The van der Waals surface area contributed by atoms with Crippen LogP contribution >= 0.6 is 0 Å². The van der Waals surface area contributed by atoms with E-state index < -0.39 is 18.0 Å². The molecule has 4 heterocycles. The van der Waals surface area contributed by atoms with E-state index in [-0.39, 0.29) is 30.9 Å². The van der Waals surface area contributed by atoms with Gasteiger partial charge in [-0.25, -0.2) is 4.98 Å². The maximum Gasteiger partial charge on any atom is 0.438 e. The number of aryl methyl sites for hydroxylation is 1. The number of hydrogen-bond donors (Lipinski definition) is 3. The van der Waals surface area contributed by atoms with Crippen molar-refractivity contribution in [3.05, 3.63) is 36.5 Å². The first-order valence-corrected chi connectivity index (χ1v) is 13.3. The van der Waals surface area contributed by atoms with E-state index in [4.69, 9.17) is 14.9 Å². The molecule has 0 unspecified atom stereocenters. The number of alkyl halides is 3. The summed E-state index contributed by atoms with van der Waals surface area (Å²) in [6.07, 6.45) is 3.54. The topological polar surface area (TPSA) is 128 Å². The van der Waals surface area contributed by atoms with Gasteiger partial charge in [0.2, 0.25) is 5.69 Å². The minimum atomic E-state index is -4.57. The average Bonchev–Trinajstić information content (AvgIpc) is 3.62. The second-order valence-electron chi connectivity index (χ2n) is 10.2. The standard InChI is InChI=1S/C26H33F3N8O3/c1-3-30-23-8-21-20(10-31-23)24(17-9-32-36(12-17)13-18(39)15-38)33-37(21)11-16-4-6-19(7-5-16)40-22-14-35(2)34-25(22)26(27,28)29/h8-10,12,14,16,18-19,38-39H,3-7,11,13,15H2,1-2H3,(H,30,31)/t16?,18-,19?/m1/s1. The summed E-state index contributed by atoms with van der Waals surface area (Å²) in [6.45, 7) is 3.15. The molecule has 4 aromatic rings. The molecule has 5 rings (SSSR count). The Morgan fingerprint density at radius 3 is 2.62 bits per heavy atom. The zero-order chi connectivity index (χ0) is 28.4. The number of ether oxygens (including phenoxy) is 1. The third-order valence-corrected chi connectivity index (χ3v) is 7.09. The van der Waals surface area contributed by atoms with Crippen LogP contribution in [0.25, 0.3) is 22.2 Å². The first-order valence-electron chi connectivity index (χ1n) is 13.3. The second kappa shape index (κ2) is 11.5. The molecule has 4 aromatic heterocycles. The number of nitrogens with one attached hydrogen (secondary N) is 1. The van der Waals surface area contributed by atoms with Gasteiger partial charge in [0, 0.05) is 49.5 Å². The zero-order valence-corrected chi connectivity index (χ0v) is 22.3. The number of aliphatic hydroxyl groups is 2. The van der Waals surface area contributed by atoms with Crippen LogP contribution in [0.1, 0.15) is 38.3 Å². The van der Waals surface area contributed by atoms with Crippen molar-refractivity contribution in [3.63, 3.8) is 0 Å². The molecule has 216 valence electrons. The first kappa shape index (κ1) is 27.9. The van der Waals surface area contributed by atoms with E-state index in [1.807, 2.05) is 17.7 Å². The third-order valence-electron chi connectivity index (χ3n) is 7.09. The molecule has 0 bridgehead atoms. The number of pyridine rings is 1. The summed E-state index contributed by atoms with van der Waals surface area (Å²) in [5, 5.41) is 35.8. The number of rotatable bonds is 10. The molecule has 0 amide bonds. The molecule has 0 aliphatic heterocycles. The van der Waals surface area contributed by atoms with Gasteiger partial charge in [-0.2, -0.15) is 28.5 Å². The van der Waals surface area contributed by atoms with E-state index >= 15 is 0 Å². The minimum Gasteiger partial charge on any atom is -0.486 e. The number of aromatic nitrogens is 7. The molecule has 1 aliphatic rings. The molecule has 1 aliphatic carbocycles. The quantitative estimate of drug-likeness (QED) is 0.268. The average molecular weight is 563 g/mol. The van der Waals surface area contributed by atoms with Gasteiger partial charge in [0.25, 0.3) is 0 Å². The lowest BCUT2D eigenvalue weighted by Crippen LogP contribution is -2.27. The van der Waals surface area contributed by atoms with Crippen molar-refractivity contribution in [2.75, 3.05) is 18.5 Å². The fraction of sp³-hybridized carbons (Fsp3) is 0.538. The summed E-state index contributed by atoms with van der Waals surface area (Å²) in [7, 11) is 1.45. The van der Waals surface area contributed by atoms with Crippen LogP contribution in [0.15, 0.2) is 30.9 Å². The summed E-state index contributed by atoms with van der Waals surface area (Å²) < 4.78 is 50.4. The lowest BCUT2D eigenvalue weighted by molar-refractivity contribution is -0.143. The van der Waals surface area contributed by atoms with Gasteiger partial charge >= 0.3 is 6.18 Å². The van der Waals surface area contributed by atoms with Crippen LogP contribution in [0.5, 0.6) is 5.75 Å². The highest BCUT2D eigenvalue weighted by Crippen LogP contribution is 2.37. The van der Waals surface area contributed by atoms with E-state index in [9.17, 15) is 18.3 Å². The van der Waals surface area contributed by atoms with E-state index in [1.165, 1.54) is 13.2 Å². The fourth-order valence-corrected chi connectivity index (χ4v) is 5.16. The Bertz CT molecular complexity index is 1440. The minimum absolute atomic E-state index is 0.160. The number of nitrogens with zero attached hydrogens (tertiary/aromatic N) is 7. The predicted molar refractivity (Wildman–Crippen MR) is 141 cm³/mol. The summed E-state index contributed by atoms with van der Waals surface area (Å²) >= 11 is 0. The second-order valence-corrected chi connectivity index (χ2v) is 10.2. The van der Waals surface area contributed by atoms with Crippen molar-refractivity contribution in [3.8, 4) is 17.0 Å². The Morgan fingerprint density at radius 2 is 1.93 bits per heavy atom. The summed E-state index contributed by atoms with van der Waals surface area (Å²) in [4.78, 5) is 4.52. The van der Waals surface area contributed by atoms with E-state index in [2.05, 4.69) is 20.5 Å². The predicted octanol–water partition coefficient (Wildman–Crippen LogP) is 3.47. The van der Waals surface area contributed by atoms with Gasteiger partial charge in [0.05, 0.1) is 43.3 Å². The first-order chi connectivity index (χ1) is 19.1. The lowest BCUT2D eigenvalue weighted by Gasteiger charge is -2.29. The van der Waals surface area contributed by atoms with E-state index in [1.54, 1.807) is 23.3 Å². The molecular formula is C26H33F3N8O3. The molecule has 1 fully saturated rings. The molecular weight excluding hydrogens is 529 g/mol. The Balaban J connectivity index is 1.32. The molecule has 0 spiro atoms. The molecule has 0 radical (unpaired) electrons. The maximum absolute atomic E-state index is 13.3. The number of fused-ring (bicyclic) bond motifs is 1. The smallest absolute Gasteiger partial charge is 0.438 e. The normalized spacial score (nSPS) is 18.8. The monoisotopic (exact) mass is 562 g/mol. The van der Waals surface area contributed by atoms with Crippen molar-refractivity contribution in [2.45, 2.75) is 64.1 Å². The van der Waals surface area contributed by atoms with Gasteiger partial charge in [0.15, 0.2) is 5.75 Å². The Kier molecular flexibility index (Phi) is 7.99. The van der Waals surface area contributed by atoms with E-state index in [0.717, 1.165) is 46.4 Å². The molecule has 1 saturated carbocycles. The summed E-state index contributed by atoms with van der Waals surface area (Å²) in [5.74, 6) is 0.778. The van der Waals surface area contributed by atoms with E-state index in [0.29, 0.717) is 25.1 Å². The van der Waals surface area contributed by atoms with Crippen molar-refractivity contribution in [2.24, 2.45) is 13.0 Å². The fourth-order valence-electron chi connectivity index (χ4n) is 5.16. The van der Waals surface area contributed by atoms with Gasteiger partial charge < -0.3 is 20.3 Å². The van der Waals surface area contributed by atoms with Crippen LogP contribution < -0.4 is 10.1 Å². The van der Waals surface area contributed by atoms with Gasteiger partial charge in [-0.05, 0) is 38.5 Å². The molecule has 14 heteroatoms. The SMILES string of the molecule is CCNc1cc2c(cn1)c(-c1cnn(C[C@@H](O)CO)c1)nn2CC1CCC(Oc2cn(C)nc2C(F)(F)F)CC1. The van der Waals surface area contributed by atoms with Crippen LogP contribution in [0.4, 0.5) is 19.0 Å². The third kappa shape index (κ3) is 6.07. The molecule has 40 heavy (non-hydrogen) atoms. The van der Waals surface area contributed by atoms with Crippen LogP contribution in [0.3, 0.4) is 0 Å². The molecule has 11 nitrogen and oxygen atoms in total. The Hall–Kier alpha value is -3.65. The van der Waals surface area contributed by atoms with Gasteiger partial charge in [0.1, 0.15) is 11.5 Å². The highest BCUT2D eigenvalue weighted by Gasteiger charge is 2.39. The highest BCUT2D eigenvalue weighted by molar-refractivity contribution is 5.93. The molecule has 0 aromatic carbocycles. The summed E-state index contributed by atoms with van der Waals surface area (Å²) in [6, 6.07) is 1.96. The van der Waals surface area contributed by atoms with Crippen LogP contribution in [-0.2, 0) is 26.3 Å². The highest BCUT2D eigenvalue weighted by atomic mass is 19.4. The van der Waals surface area contributed by atoms with Gasteiger partial charge in [-0.3, -0.25) is 14.0 Å². The molecule has 3 N–H and O–H groups in total. The number of halogens is 3. The van der Waals surface area contributed by atoms with Crippen LogP contribution in [0, 0.1) is 5.92 Å². The van der Waals surface area contributed by atoms with Crippen molar-refractivity contribution in [1.29, 1.82) is 0 Å². The Morgan fingerprint density at radius 1 is 1.15 bits per heavy atom. The molecule has 1 atom stereocenters. The van der Waals surface area contributed by atoms with Gasteiger partial charge in [-0.1, -0.05) is 0 Å². The van der Waals surface area contributed by atoms with Crippen molar-refractivity contribution >= 4 is 16.7 Å². The maximum atomic E-state index is 13.3. The van der Waals surface area contributed by atoms with Crippen molar-refractivity contribution < 1.29 is 28.1 Å². The summed E-state index contributed by atoms with van der Waals surface area (Å²) in [5.41, 5.74) is 1.39. The van der Waals surface area contributed by atoms with Crippen LogP contribution in [0.2, 0.25) is 0 Å². The number of anilines is 1. The molecule has 0 saturated heterocycles. The largest absolute Gasteiger partial charge is 0.486 e. The number of hydrogen-bond acceptors (Lipinski definition) is 8. The van der Waals surface area contributed by atoms with Crippen molar-refractivity contribution in [1.82, 2.24) is 34.3 Å².